The Morgan fingerprint density at radius 3 is 2.58 bits per heavy atom. The number of allylic oxidation sites excluding steroid dienone is 1. The van der Waals surface area contributed by atoms with Crippen molar-refractivity contribution >= 4 is 22.6 Å². The van der Waals surface area contributed by atoms with E-state index in [1.807, 2.05) is 30.3 Å². The first-order valence-electron chi connectivity index (χ1n) is 3.73. The van der Waals surface area contributed by atoms with Gasteiger partial charge in [-0.3, -0.25) is 0 Å². The summed E-state index contributed by atoms with van der Waals surface area (Å²) >= 11 is 2.23. The van der Waals surface area contributed by atoms with Crippen LogP contribution in [0.5, 0.6) is 0 Å². The van der Waals surface area contributed by atoms with Crippen LogP contribution in [0.25, 0.3) is 0 Å². The fraction of sp³-hybridized carbons (Fsp3) is 0.200. The fourth-order valence-electron chi connectivity index (χ4n) is 0.798. The Bertz CT molecular complexity index is 243. The molecule has 0 heterocycles. The van der Waals surface area contributed by atoms with Gasteiger partial charge in [0.1, 0.15) is 6.61 Å². The van der Waals surface area contributed by atoms with Gasteiger partial charge >= 0.3 is 0 Å². The largest absolute Gasteiger partial charge is 0.493 e. The predicted octanol–water partition coefficient (Wildman–Crippen LogP) is 3.15. The van der Waals surface area contributed by atoms with E-state index in [1.54, 1.807) is 0 Å². The molecule has 64 valence electrons. The quantitative estimate of drug-likeness (QED) is 0.465. The number of ether oxygens (including phenoxy) is 1. The molecule has 0 spiro atoms. The molecular formula is C10H11IO. The number of halogens is 1. The third-order valence-corrected chi connectivity index (χ3v) is 2.29. The molecule has 2 heteroatoms. The van der Waals surface area contributed by atoms with Gasteiger partial charge in [0, 0.05) is 0 Å². The summed E-state index contributed by atoms with van der Waals surface area (Å²) in [4.78, 5) is 0. The van der Waals surface area contributed by atoms with Crippen molar-refractivity contribution in [2.24, 2.45) is 0 Å². The highest BCUT2D eigenvalue weighted by molar-refractivity contribution is 14.1. The van der Waals surface area contributed by atoms with E-state index in [4.69, 9.17) is 4.74 Å². The lowest BCUT2D eigenvalue weighted by Crippen LogP contribution is -1.92. The molecule has 0 fully saturated rings. The van der Waals surface area contributed by atoms with E-state index in [0.29, 0.717) is 6.61 Å². The van der Waals surface area contributed by atoms with E-state index in [-0.39, 0.29) is 0 Å². The smallest absolute Gasteiger partial charge is 0.113 e. The van der Waals surface area contributed by atoms with E-state index in [9.17, 15) is 0 Å². The van der Waals surface area contributed by atoms with Crippen molar-refractivity contribution in [1.82, 2.24) is 0 Å². The third kappa shape index (κ3) is 3.26. The van der Waals surface area contributed by atoms with Crippen molar-refractivity contribution in [2.45, 2.75) is 6.61 Å². The van der Waals surface area contributed by atoms with Crippen LogP contribution in [0.4, 0.5) is 0 Å². The van der Waals surface area contributed by atoms with Crippen LogP contribution in [0.15, 0.2) is 42.7 Å². The lowest BCUT2D eigenvalue weighted by Gasteiger charge is -2.05. The van der Waals surface area contributed by atoms with Crippen molar-refractivity contribution in [2.75, 3.05) is 4.43 Å². The van der Waals surface area contributed by atoms with Crippen LogP contribution in [-0.4, -0.2) is 4.43 Å². The second-order valence-electron chi connectivity index (χ2n) is 2.45. The molecule has 0 aliphatic rings. The lowest BCUT2D eigenvalue weighted by molar-refractivity contribution is 0.205. The zero-order valence-electron chi connectivity index (χ0n) is 6.79. The van der Waals surface area contributed by atoms with Gasteiger partial charge in [0.15, 0.2) is 0 Å². The average molecular weight is 274 g/mol. The highest BCUT2D eigenvalue weighted by Crippen LogP contribution is 2.05. The molecule has 1 aromatic rings. The van der Waals surface area contributed by atoms with Crippen molar-refractivity contribution in [3.63, 3.8) is 0 Å². The van der Waals surface area contributed by atoms with Gasteiger partial charge in [-0.05, 0) is 5.56 Å². The molecule has 0 amide bonds. The van der Waals surface area contributed by atoms with Gasteiger partial charge in [-0.15, -0.1) is 0 Å². The van der Waals surface area contributed by atoms with Crippen LogP contribution in [0.2, 0.25) is 0 Å². The van der Waals surface area contributed by atoms with Gasteiger partial charge in [-0.1, -0.05) is 59.5 Å². The standard InChI is InChI=1S/C10H11IO/c1-9(7-11)12-8-10-5-3-2-4-6-10/h2-6H,1,7-8H2. The minimum absolute atomic E-state index is 0.628. The molecule has 0 radical (unpaired) electrons. The van der Waals surface area contributed by atoms with E-state index in [2.05, 4.69) is 29.2 Å². The first-order chi connectivity index (χ1) is 5.83. The van der Waals surface area contributed by atoms with Crippen LogP contribution < -0.4 is 0 Å². The summed E-state index contributed by atoms with van der Waals surface area (Å²) in [6.07, 6.45) is 0. The molecule has 0 bridgehead atoms. The molecule has 1 rings (SSSR count). The summed E-state index contributed by atoms with van der Waals surface area (Å²) in [5, 5.41) is 0. The summed E-state index contributed by atoms with van der Waals surface area (Å²) in [5.41, 5.74) is 1.18. The second kappa shape index (κ2) is 5.19. The Morgan fingerprint density at radius 2 is 2.00 bits per heavy atom. The average Bonchev–Trinajstić information content (AvgIpc) is 2.16. The Morgan fingerprint density at radius 1 is 1.33 bits per heavy atom. The van der Waals surface area contributed by atoms with Crippen LogP contribution in [0.3, 0.4) is 0 Å². The number of hydrogen-bond acceptors (Lipinski definition) is 1. The van der Waals surface area contributed by atoms with Crippen LogP contribution in [0.1, 0.15) is 5.56 Å². The minimum Gasteiger partial charge on any atom is -0.493 e. The van der Waals surface area contributed by atoms with Crippen LogP contribution in [0, 0.1) is 0 Å². The molecule has 1 aromatic carbocycles. The monoisotopic (exact) mass is 274 g/mol. The fourth-order valence-corrected chi connectivity index (χ4v) is 1.02. The molecular weight excluding hydrogens is 263 g/mol. The maximum absolute atomic E-state index is 5.38. The summed E-state index contributed by atoms with van der Waals surface area (Å²) in [5.74, 6) is 0.833. The molecule has 0 saturated carbocycles. The van der Waals surface area contributed by atoms with E-state index >= 15 is 0 Å². The lowest BCUT2D eigenvalue weighted by atomic mass is 10.2. The van der Waals surface area contributed by atoms with E-state index in [1.165, 1.54) is 5.56 Å². The molecule has 0 atom stereocenters. The maximum atomic E-state index is 5.38. The summed E-state index contributed by atoms with van der Waals surface area (Å²) in [6.45, 7) is 4.39. The van der Waals surface area contributed by atoms with E-state index in [0.717, 1.165) is 10.2 Å². The van der Waals surface area contributed by atoms with Crippen LogP contribution in [-0.2, 0) is 11.3 Å². The Labute approximate surface area is 86.6 Å². The first-order valence-corrected chi connectivity index (χ1v) is 5.26. The van der Waals surface area contributed by atoms with Crippen molar-refractivity contribution in [3.8, 4) is 0 Å². The molecule has 0 unspecified atom stereocenters. The normalized spacial score (nSPS) is 9.42. The zero-order chi connectivity index (χ0) is 8.81. The van der Waals surface area contributed by atoms with Crippen LogP contribution >= 0.6 is 22.6 Å². The maximum Gasteiger partial charge on any atom is 0.113 e. The van der Waals surface area contributed by atoms with Crippen molar-refractivity contribution in [3.05, 3.63) is 48.2 Å². The first kappa shape index (κ1) is 9.58. The topological polar surface area (TPSA) is 9.23 Å². The number of benzene rings is 1. The summed E-state index contributed by atoms with van der Waals surface area (Å²) in [6, 6.07) is 10.1. The number of hydrogen-bond donors (Lipinski definition) is 0. The Hall–Kier alpha value is -0.510. The molecule has 0 aromatic heterocycles. The third-order valence-electron chi connectivity index (χ3n) is 1.43. The van der Waals surface area contributed by atoms with Crippen molar-refractivity contribution in [1.29, 1.82) is 0 Å². The van der Waals surface area contributed by atoms with Gasteiger partial charge in [0.05, 0.1) is 10.2 Å². The number of alkyl halides is 1. The van der Waals surface area contributed by atoms with Gasteiger partial charge in [-0.2, -0.15) is 0 Å². The zero-order valence-corrected chi connectivity index (χ0v) is 8.95. The second-order valence-corrected chi connectivity index (χ2v) is 3.21. The molecule has 0 aliphatic carbocycles. The molecule has 12 heavy (non-hydrogen) atoms. The van der Waals surface area contributed by atoms with E-state index < -0.39 is 0 Å². The number of rotatable bonds is 4. The Balaban J connectivity index is 2.38. The van der Waals surface area contributed by atoms with Gasteiger partial charge in [0.2, 0.25) is 0 Å². The molecule has 0 N–H and O–H groups in total. The predicted molar refractivity (Wildman–Crippen MR) is 59.3 cm³/mol. The van der Waals surface area contributed by atoms with Gasteiger partial charge in [0.25, 0.3) is 0 Å². The van der Waals surface area contributed by atoms with Gasteiger partial charge in [-0.25, -0.2) is 0 Å². The summed E-state index contributed by atoms with van der Waals surface area (Å²) in [7, 11) is 0. The molecule has 1 nitrogen and oxygen atoms in total. The molecule has 0 aliphatic heterocycles. The SMILES string of the molecule is C=C(CI)OCc1ccccc1. The molecule has 0 saturated heterocycles. The summed E-state index contributed by atoms with van der Waals surface area (Å²) < 4.78 is 6.23. The van der Waals surface area contributed by atoms with Crippen molar-refractivity contribution < 1.29 is 4.74 Å². The highest BCUT2D eigenvalue weighted by Gasteiger charge is 1.93. The Kier molecular flexibility index (Phi) is 4.14. The minimum atomic E-state index is 0.628. The highest BCUT2D eigenvalue weighted by atomic mass is 127. The van der Waals surface area contributed by atoms with Gasteiger partial charge < -0.3 is 4.74 Å².